The second-order valence-electron chi connectivity index (χ2n) is 7.62. The van der Waals surface area contributed by atoms with E-state index < -0.39 is 0 Å². The number of hydrogen-bond donors (Lipinski definition) is 1. The molecule has 0 amide bonds. The van der Waals surface area contributed by atoms with Crippen LogP contribution in [0.4, 0.5) is 0 Å². The zero-order valence-electron chi connectivity index (χ0n) is 15.5. The number of benzene rings is 1. The molecular weight excluding hydrogens is 312 g/mol. The summed E-state index contributed by atoms with van der Waals surface area (Å²) in [5, 5.41) is 9.03. The third-order valence-electron chi connectivity index (χ3n) is 5.20. The molecule has 1 fully saturated rings. The fourth-order valence-corrected chi connectivity index (χ4v) is 3.87. The number of hydrogen-bond acceptors (Lipinski definition) is 3. The highest BCUT2D eigenvalue weighted by Crippen LogP contribution is 2.48. The van der Waals surface area contributed by atoms with E-state index in [0.29, 0.717) is 0 Å². The Morgan fingerprint density at radius 3 is 2.64 bits per heavy atom. The summed E-state index contributed by atoms with van der Waals surface area (Å²) in [6.45, 7) is 8.74. The van der Waals surface area contributed by atoms with Crippen molar-refractivity contribution >= 4 is 0 Å². The van der Waals surface area contributed by atoms with Crippen LogP contribution in [0.3, 0.4) is 0 Å². The monoisotopic (exact) mass is 340 g/mol. The molecule has 1 N–H and O–H groups in total. The Bertz CT molecular complexity index is 697. The van der Waals surface area contributed by atoms with Crippen molar-refractivity contribution in [1.29, 1.82) is 0 Å². The van der Waals surface area contributed by atoms with Crippen LogP contribution in [0.15, 0.2) is 65.3 Å². The van der Waals surface area contributed by atoms with Crippen LogP contribution in [-0.4, -0.2) is 23.9 Å². The second kappa shape index (κ2) is 7.28. The molecule has 3 atom stereocenters. The van der Waals surface area contributed by atoms with Crippen molar-refractivity contribution in [3.05, 3.63) is 70.8 Å². The summed E-state index contributed by atoms with van der Waals surface area (Å²) in [7, 11) is 0. The Labute approximate surface area is 150 Å². The summed E-state index contributed by atoms with van der Waals surface area (Å²) >= 11 is 0. The summed E-state index contributed by atoms with van der Waals surface area (Å²) in [5.41, 5.74) is 4.70. The maximum atomic E-state index is 9.03. The molecule has 0 bridgehead atoms. The molecule has 0 aromatic heterocycles. The molecule has 2 aliphatic rings. The number of fused-ring (bicyclic) bond motifs is 1. The smallest absolute Gasteiger partial charge is 0.185 e. The molecular formula is C22H28O3. The molecule has 1 aromatic carbocycles. The topological polar surface area (TPSA) is 38.7 Å². The number of ether oxygens (including phenoxy) is 2. The highest BCUT2D eigenvalue weighted by atomic mass is 16.7. The average Bonchev–Trinajstić information content (AvgIpc) is 2.98. The van der Waals surface area contributed by atoms with Gasteiger partial charge in [-0.15, -0.1) is 0 Å². The molecule has 1 saturated heterocycles. The summed E-state index contributed by atoms with van der Waals surface area (Å²) < 4.78 is 12.5. The number of allylic oxidation sites excluding steroid dienone is 4. The lowest BCUT2D eigenvalue weighted by molar-refractivity contribution is -0.0676. The third kappa shape index (κ3) is 3.79. The minimum atomic E-state index is -0.290. The first-order valence-corrected chi connectivity index (χ1v) is 8.95. The number of aliphatic hydroxyl groups excluding tert-OH is 1. The van der Waals surface area contributed by atoms with Crippen LogP contribution in [0.5, 0.6) is 0 Å². The SMILES string of the molecule is CC1=C(/C=C/C(C)=C/CO)C(C)(C)C[C@@H]2OC(c3ccccc3)O[C@H]12. The lowest BCUT2D eigenvalue weighted by Crippen LogP contribution is -2.37. The molecule has 1 unspecified atom stereocenters. The molecule has 3 heteroatoms. The maximum absolute atomic E-state index is 9.03. The van der Waals surface area contributed by atoms with E-state index in [4.69, 9.17) is 14.6 Å². The van der Waals surface area contributed by atoms with Crippen LogP contribution in [0.2, 0.25) is 0 Å². The molecule has 3 rings (SSSR count). The number of rotatable bonds is 4. The zero-order valence-corrected chi connectivity index (χ0v) is 15.5. The Balaban J connectivity index is 1.87. The molecule has 134 valence electrons. The van der Waals surface area contributed by atoms with Gasteiger partial charge in [0.1, 0.15) is 6.10 Å². The predicted molar refractivity (Wildman–Crippen MR) is 100 cm³/mol. The van der Waals surface area contributed by atoms with E-state index in [2.05, 4.69) is 45.1 Å². The van der Waals surface area contributed by atoms with Crippen molar-refractivity contribution in [2.75, 3.05) is 6.61 Å². The van der Waals surface area contributed by atoms with Gasteiger partial charge in [-0.1, -0.05) is 68.0 Å². The Hall–Kier alpha value is -1.68. The van der Waals surface area contributed by atoms with E-state index in [1.54, 1.807) is 0 Å². The molecule has 3 nitrogen and oxygen atoms in total. The van der Waals surface area contributed by atoms with Gasteiger partial charge in [0, 0.05) is 5.56 Å². The predicted octanol–water partition coefficient (Wildman–Crippen LogP) is 4.71. The van der Waals surface area contributed by atoms with Crippen molar-refractivity contribution in [3.63, 3.8) is 0 Å². The quantitative estimate of drug-likeness (QED) is 0.807. The molecule has 0 spiro atoms. The largest absolute Gasteiger partial charge is 0.392 e. The van der Waals surface area contributed by atoms with Gasteiger partial charge < -0.3 is 14.6 Å². The van der Waals surface area contributed by atoms with Crippen molar-refractivity contribution in [2.45, 2.75) is 52.6 Å². The van der Waals surface area contributed by atoms with Crippen molar-refractivity contribution in [2.24, 2.45) is 5.41 Å². The van der Waals surface area contributed by atoms with Gasteiger partial charge in [0.05, 0.1) is 12.7 Å². The standard InChI is InChI=1S/C22H28O3/c1-15(12-13-23)10-11-18-16(2)20-19(14-22(18,3)4)24-21(25-20)17-8-6-5-7-9-17/h5-12,19-21,23H,13-14H2,1-4H3/b11-10+,15-12+/t19-,20+,21?/m0/s1. The fraction of sp³-hybridized carbons (Fsp3) is 0.455. The lowest BCUT2D eigenvalue weighted by Gasteiger charge is -2.38. The normalized spacial score (nSPS) is 29.3. The fourth-order valence-electron chi connectivity index (χ4n) is 3.87. The van der Waals surface area contributed by atoms with Gasteiger partial charge >= 0.3 is 0 Å². The maximum Gasteiger partial charge on any atom is 0.185 e. The summed E-state index contributed by atoms with van der Waals surface area (Å²) in [4.78, 5) is 0. The van der Waals surface area contributed by atoms with E-state index in [9.17, 15) is 0 Å². The van der Waals surface area contributed by atoms with Crippen LogP contribution in [0, 0.1) is 5.41 Å². The van der Waals surface area contributed by atoms with E-state index >= 15 is 0 Å². The molecule has 25 heavy (non-hydrogen) atoms. The first-order chi connectivity index (χ1) is 11.9. The van der Waals surface area contributed by atoms with Gasteiger partial charge in [-0.2, -0.15) is 0 Å². The molecule has 1 aromatic rings. The van der Waals surface area contributed by atoms with Gasteiger partial charge in [0.25, 0.3) is 0 Å². The van der Waals surface area contributed by atoms with E-state index in [1.807, 2.05) is 31.2 Å². The molecule has 1 aliphatic carbocycles. The van der Waals surface area contributed by atoms with Gasteiger partial charge in [0.2, 0.25) is 0 Å². The molecule has 0 radical (unpaired) electrons. The summed E-state index contributed by atoms with van der Waals surface area (Å²) in [6, 6.07) is 10.1. The lowest BCUT2D eigenvalue weighted by atomic mass is 9.70. The highest BCUT2D eigenvalue weighted by molar-refractivity contribution is 5.39. The molecule has 1 heterocycles. The Morgan fingerprint density at radius 1 is 1.24 bits per heavy atom. The minimum Gasteiger partial charge on any atom is -0.392 e. The third-order valence-corrected chi connectivity index (χ3v) is 5.20. The highest BCUT2D eigenvalue weighted by Gasteiger charge is 2.46. The first-order valence-electron chi connectivity index (χ1n) is 8.95. The van der Waals surface area contributed by atoms with Gasteiger partial charge in [-0.25, -0.2) is 0 Å². The van der Waals surface area contributed by atoms with Crippen LogP contribution in [0.1, 0.15) is 46.0 Å². The van der Waals surface area contributed by atoms with Crippen molar-refractivity contribution in [1.82, 2.24) is 0 Å². The molecule has 1 aliphatic heterocycles. The minimum absolute atomic E-state index is 0.00000800. The van der Waals surface area contributed by atoms with Crippen LogP contribution in [-0.2, 0) is 9.47 Å². The Morgan fingerprint density at radius 2 is 1.96 bits per heavy atom. The van der Waals surface area contributed by atoms with E-state index in [0.717, 1.165) is 17.6 Å². The first kappa shape index (κ1) is 18.1. The van der Waals surface area contributed by atoms with Crippen LogP contribution < -0.4 is 0 Å². The summed E-state index contributed by atoms with van der Waals surface area (Å²) in [6.07, 6.45) is 6.79. The Kier molecular flexibility index (Phi) is 5.28. The number of aliphatic hydroxyl groups is 1. The molecule has 0 saturated carbocycles. The summed E-state index contributed by atoms with van der Waals surface area (Å²) in [5.74, 6) is 0. The zero-order chi connectivity index (χ0) is 18.0. The van der Waals surface area contributed by atoms with E-state index in [1.165, 1.54) is 11.1 Å². The van der Waals surface area contributed by atoms with Crippen molar-refractivity contribution < 1.29 is 14.6 Å². The van der Waals surface area contributed by atoms with Gasteiger partial charge in [-0.05, 0) is 36.8 Å². The van der Waals surface area contributed by atoms with Crippen LogP contribution in [0.25, 0.3) is 0 Å². The second-order valence-corrected chi connectivity index (χ2v) is 7.62. The van der Waals surface area contributed by atoms with Crippen molar-refractivity contribution in [3.8, 4) is 0 Å². The van der Waals surface area contributed by atoms with Crippen LogP contribution >= 0.6 is 0 Å². The average molecular weight is 340 g/mol. The van der Waals surface area contributed by atoms with Gasteiger partial charge in [-0.3, -0.25) is 0 Å². The van der Waals surface area contributed by atoms with E-state index in [-0.39, 0.29) is 30.5 Å². The van der Waals surface area contributed by atoms with Gasteiger partial charge in [0.15, 0.2) is 6.29 Å².